The van der Waals surface area contributed by atoms with Crippen molar-refractivity contribution in [2.75, 3.05) is 23.7 Å². The predicted molar refractivity (Wildman–Crippen MR) is 120 cm³/mol. The number of rotatable bonds is 7. The van der Waals surface area contributed by atoms with Crippen molar-refractivity contribution < 1.29 is 10.6 Å². The molecular weight excluding hydrogens is 409 g/mol. The monoisotopic (exact) mass is 431 g/mol. The molecule has 8 nitrogen and oxygen atoms in total. The Morgan fingerprint density at radius 3 is 2.81 bits per heavy atom. The van der Waals surface area contributed by atoms with E-state index in [1.807, 2.05) is 0 Å². The van der Waals surface area contributed by atoms with Gasteiger partial charge in [-0.2, -0.15) is 5.26 Å². The number of nitriles is 1. The van der Waals surface area contributed by atoms with E-state index in [9.17, 15) is 9.18 Å². The number of nitrogens with one attached hydrogen (secondary N) is 3. The molecular formula is C23H22FN7O. The summed E-state index contributed by atoms with van der Waals surface area (Å²) in [6.45, 7) is 1.12. The third-order valence-electron chi connectivity index (χ3n) is 5.13. The van der Waals surface area contributed by atoms with Gasteiger partial charge in [0.2, 0.25) is 0 Å². The lowest BCUT2D eigenvalue weighted by atomic mass is 10.0. The number of aromatic nitrogens is 2. The minimum absolute atomic E-state index is 0. The number of anilines is 3. The molecule has 0 radical (unpaired) electrons. The first-order valence-electron chi connectivity index (χ1n) is 9.97. The third-order valence-corrected chi connectivity index (χ3v) is 5.13. The zero-order valence-electron chi connectivity index (χ0n) is 17.0. The average Bonchev–Trinajstić information content (AvgIpc) is 2.78. The number of pyridine rings is 2. The van der Waals surface area contributed by atoms with Crippen molar-refractivity contribution in [3.05, 3.63) is 77.4 Å². The summed E-state index contributed by atoms with van der Waals surface area (Å²) < 4.78 is 13.9. The first kappa shape index (κ1) is 20.9. The van der Waals surface area contributed by atoms with Crippen LogP contribution in [0.2, 0.25) is 0 Å². The van der Waals surface area contributed by atoms with Crippen LogP contribution in [-0.4, -0.2) is 40.1 Å². The summed E-state index contributed by atoms with van der Waals surface area (Å²) in [4.78, 5) is 22.7. The topological polar surface area (TPSA) is 118 Å². The van der Waals surface area contributed by atoms with Crippen molar-refractivity contribution in [2.24, 2.45) is 5.92 Å². The van der Waals surface area contributed by atoms with Crippen LogP contribution in [0.4, 0.5) is 21.7 Å². The SMILES string of the molecule is N#CC1CN(C(=O)c2ccnc(Nc3cc(NCc4ccccc4F)c(C=N)cn3)c2)C1.[HH]. The van der Waals surface area contributed by atoms with E-state index in [-0.39, 0.29) is 25.6 Å². The number of amides is 1. The molecule has 1 aliphatic rings. The molecule has 3 aromatic rings. The Bertz CT molecular complexity index is 1210. The fourth-order valence-corrected chi connectivity index (χ4v) is 3.31. The maximum Gasteiger partial charge on any atom is 0.254 e. The van der Waals surface area contributed by atoms with E-state index in [2.05, 4.69) is 26.7 Å². The summed E-state index contributed by atoms with van der Waals surface area (Å²) in [5, 5.41) is 22.7. The molecule has 0 aliphatic carbocycles. The second kappa shape index (κ2) is 9.22. The number of carbonyl (C=O) groups is 1. The molecule has 32 heavy (non-hydrogen) atoms. The van der Waals surface area contributed by atoms with Crippen LogP contribution in [0.5, 0.6) is 0 Å². The number of likely N-dealkylation sites (tertiary alicyclic amines) is 1. The largest absolute Gasteiger partial charge is 0.380 e. The lowest BCUT2D eigenvalue weighted by Crippen LogP contribution is -2.49. The van der Waals surface area contributed by atoms with E-state index in [4.69, 9.17) is 10.7 Å². The molecule has 0 spiro atoms. The van der Waals surface area contributed by atoms with Crippen molar-refractivity contribution in [1.82, 2.24) is 14.9 Å². The van der Waals surface area contributed by atoms with E-state index in [1.165, 1.54) is 24.7 Å². The van der Waals surface area contributed by atoms with Gasteiger partial charge in [-0.3, -0.25) is 4.79 Å². The van der Waals surface area contributed by atoms with Crippen LogP contribution in [0.15, 0.2) is 54.9 Å². The highest BCUT2D eigenvalue weighted by Crippen LogP contribution is 2.23. The van der Waals surface area contributed by atoms with Crippen LogP contribution in [0.1, 0.15) is 22.9 Å². The van der Waals surface area contributed by atoms with Gasteiger partial charge in [0.05, 0.1) is 12.0 Å². The second-order valence-electron chi connectivity index (χ2n) is 7.34. The highest BCUT2D eigenvalue weighted by Gasteiger charge is 2.31. The van der Waals surface area contributed by atoms with Crippen LogP contribution in [0.3, 0.4) is 0 Å². The van der Waals surface area contributed by atoms with Crippen LogP contribution in [-0.2, 0) is 6.54 Å². The standard InChI is InChI=1S/C23H20FN7O.H2/c24-19-4-2-1-3-17(19)11-28-20-8-22(29-12-18(20)10-26)30-21-7-16(5-6-27-21)23(32)31-13-15(9-25)14-31;/h1-8,10,12,15,26H,11,13-14H2,(H2,27,28,29,30);1H. The number of halogens is 1. The van der Waals surface area contributed by atoms with E-state index in [0.29, 0.717) is 47.1 Å². The Hall–Kier alpha value is -4.32. The van der Waals surface area contributed by atoms with Gasteiger partial charge < -0.3 is 20.9 Å². The predicted octanol–water partition coefficient (Wildman–Crippen LogP) is 3.81. The van der Waals surface area contributed by atoms with E-state index in [0.717, 1.165) is 0 Å². The van der Waals surface area contributed by atoms with Crippen molar-refractivity contribution in [1.29, 1.82) is 10.7 Å². The summed E-state index contributed by atoms with van der Waals surface area (Å²) in [5.41, 5.74) is 2.13. The molecule has 162 valence electrons. The Morgan fingerprint density at radius 2 is 2.06 bits per heavy atom. The van der Waals surface area contributed by atoms with Gasteiger partial charge in [-0.1, -0.05) is 18.2 Å². The molecule has 1 aliphatic heterocycles. The Morgan fingerprint density at radius 1 is 1.28 bits per heavy atom. The smallest absolute Gasteiger partial charge is 0.254 e. The van der Waals surface area contributed by atoms with Gasteiger partial charge in [0, 0.05) is 68.1 Å². The summed E-state index contributed by atoms with van der Waals surface area (Å²) in [6, 6.07) is 13.6. The maximum atomic E-state index is 13.9. The van der Waals surface area contributed by atoms with Crippen LogP contribution in [0, 0.1) is 28.5 Å². The Kier molecular flexibility index (Phi) is 6.03. The first-order chi connectivity index (χ1) is 15.6. The zero-order valence-corrected chi connectivity index (χ0v) is 17.0. The van der Waals surface area contributed by atoms with E-state index in [1.54, 1.807) is 41.3 Å². The van der Waals surface area contributed by atoms with Gasteiger partial charge in [0.15, 0.2) is 0 Å². The van der Waals surface area contributed by atoms with Crippen LogP contribution >= 0.6 is 0 Å². The quantitative estimate of drug-likeness (QED) is 0.490. The molecule has 0 unspecified atom stereocenters. The lowest BCUT2D eigenvalue weighted by molar-refractivity contribution is 0.0577. The number of nitrogens with zero attached hydrogens (tertiary/aromatic N) is 4. The molecule has 9 heteroatoms. The summed E-state index contributed by atoms with van der Waals surface area (Å²) >= 11 is 0. The van der Waals surface area contributed by atoms with Gasteiger partial charge in [-0.15, -0.1) is 0 Å². The fourth-order valence-electron chi connectivity index (χ4n) is 3.31. The third kappa shape index (κ3) is 4.54. The van der Waals surface area contributed by atoms with Gasteiger partial charge in [0.1, 0.15) is 17.5 Å². The van der Waals surface area contributed by atoms with E-state index >= 15 is 0 Å². The highest BCUT2D eigenvalue weighted by atomic mass is 19.1. The lowest BCUT2D eigenvalue weighted by Gasteiger charge is -2.35. The minimum Gasteiger partial charge on any atom is -0.380 e. The van der Waals surface area contributed by atoms with Gasteiger partial charge in [-0.25, -0.2) is 14.4 Å². The minimum atomic E-state index is -0.308. The molecule has 1 amide bonds. The van der Waals surface area contributed by atoms with Gasteiger partial charge in [0.25, 0.3) is 5.91 Å². The Labute approximate surface area is 185 Å². The molecule has 3 heterocycles. The molecule has 3 N–H and O–H groups in total. The van der Waals surface area contributed by atoms with Crippen molar-refractivity contribution in [3.63, 3.8) is 0 Å². The van der Waals surface area contributed by atoms with Gasteiger partial charge >= 0.3 is 0 Å². The highest BCUT2D eigenvalue weighted by molar-refractivity contribution is 5.95. The summed E-state index contributed by atoms with van der Waals surface area (Å²) in [6.07, 6.45) is 4.22. The van der Waals surface area contributed by atoms with Crippen LogP contribution < -0.4 is 10.6 Å². The summed E-state index contributed by atoms with van der Waals surface area (Å²) in [7, 11) is 0. The van der Waals surface area contributed by atoms with Crippen LogP contribution in [0.25, 0.3) is 0 Å². The van der Waals surface area contributed by atoms with E-state index < -0.39 is 0 Å². The molecule has 0 atom stereocenters. The number of hydrogen-bond donors (Lipinski definition) is 3. The Balaban J connectivity index is 0.00000306. The maximum absolute atomic E-state index is 13.9. The summed E-state index contributed by atoms with van der Waals surface area (Å²) in [5.74, 6) is 0.324. The second-order valence-corrected chi connectivity index (χ2v) is 7.34. The molecule has 2 aromatic heterocycles. The average molecular weight is 431 g/mol. The van der Waals surface area contributed by atoms with Crippen molar-refractivity contribution in [2.45, 2.75) is 6.54 Å². The normalized spacial score (nSPS) is 13.1. The number of carbonyl (C=O) groups excluding carboxylic acids is 1. The molecule has 1 aromatic carbocycles. The molecule has 4 rings (SSSR count). The van der Waals surface area contributed by atoms with Gasteiger partial charge in [-0.05, 0) is 18.2 Å². The molecule has 0 saturated carbocycles. The van der Waals surface area contributed by atoms with Crippen molar-refractivity contribution >= 4 is 29.4 Å². The first-order valence-corrected chi connectivity index (χ1v) is 9.97. The fraction of sp³-hybridized carbons (Fsp3) is 0.174. The molecule has 1 saturated heterocycles. The number of hydrogen-bond acceptors (Lipinski definition) is 7. The zero-order chi connectivity index (χ0) is 22.5. The number of benzene rings is 1. The molecule has 0 bridgehead atoms. The van der Waals surface area contributed by atoms with Crippen molar-refractivity contribution in [3.8, 4) is 6.07 Å². The molecule has 1 fully saturated rings.